The summed E-state index contributed by atoms with van der Waals surface area (Å²) in [5.41, 5.74) is 2.42. The zero-order chi connectivity index (χ0) is 15.5. The number of hydrogen-bond donors (Lipinski definition) is 1. The van der Waals surface area contributed by atoms with Gasteiger partial charge in [0.05, 0.1) is 5.69 Å². The molecule has 1 N–H and O–H groups in total. The van der Waals surface area contributed by atoms with Crippen LogP contribution in [0.15, 0.2) is 48.7 Å². The Labute approximate surface area is 138 Å². The maximum atomic E-state index is 6.49. The molecule has 1 aromatic heterocycles. The number of hydrogen-bond acceptors (Lipinski definition) is 3. The fourth-order valence-electron chi connectivity index (χ4n) is 4.03. The van der Waals surface area contributed by atoms with Crippen molar-refractivity contribution in [3.63, 3.8) is 0 Å². The lowest BCUT2D eigenvalue weighted by Gasteiger charge is -2.44. The lowest BCUT2D eigenvalue weighted by molar-refractivity contribution is -0.00293. The Morgan fingerprint density at radius 1 is 1.04 bits per heavy atom. The van der Waals surface area contributed by atoms with Gasteiger partial charge in [0.2, 0.25) is 0 Å². The van der Waals surface area contributed by atoms with Crippen LogP contribution in [0.5, 0.6) is 5.75 Å². The van der Waals surface area contributed by atoms with Crippen LogP contribution in [0.4, 0.5) is 0 Å². The first-order valence-corrected chi connectivity index (χ1v) is 8.76. The lowest BCUT2D eigenvalue weighted by atomic mass is 9.77. The molecule has 0 bridgehead atoms. The van der Waals surface area contributed by atoms with E-state index in [0.717, 1.165) is 24.4 Å². The van der Waals surface area contributed by atoms with Gasteiger partial charge < -0.3 is 10.1 Å². The number of rotatable bonds is 3. The van der Waals surface area contributed by atoms with Crippen LogP contribution in [0.25, 0.3) is 0 Å². The Morgan fingerprint density at radius 2 is 1.87 bits per heavy atom. The summed E-state index contributed by atoms with van der Waals surface area (Å²) in [6, 6.07) is 14.9. The van der Waals surface area contributed by atoms with Crippen LogP contribution in [-0.4, -0.2) is 10.6 Å². The van der Waals surface area contributed by atoms with Crippen molar-refractivity contribution in [2.75, 3.05) is 0 Å². The van der Waals surface area contributed by atoms with Gasteiger partial charge in [-0.15, -0.1) is 0 Å². The van der Waals surface area contributed by atoms with E-state index in [4.69, 9.17) is 4.74 Å². The molecule has 1 aliphatic heterocycles. The van der Waals surface area contributed by atoms with E-state index in [1.807, 2.05) is 18.3 Å². The largest absolute Gasteiger partial charge is 0.487 e. The van der Waals surface area contributed by atoms with Gasteiger partial charge >= 0.3 is 0 Å². The van der Waals surface area contributed by atoms with E-state index in [2.05, 4.69) is 40.6 Å². The summed E-state index contributed by atoms with van der Waals surface area (Å²) in [6.07, 6.45) is 9.21. The number of nitrogens with zero attached hydrogens (tertiary/aromatic N) is 1. The maximum Gasteiger partial charge on any atom is 0.124 e. The molecule has 23 heavy (non-hydrogen) atoms. The molecule has 3 nitrogen and oxygen atoms in total. The predicted octanol–water partition coefficient (Wildman–Crippen LogP) is 4.40. The van der Waals surface area contributed by atoms with Crippen LogP contribution in [0.3, 0.4) is 0 Å². The smallest absolute Gasteiger partial charge is 0.124 e. The van der Waals surface area contributed by atoms with E-state index in [1.54, 1.807) is 0 Å². The summed E-state index contributed by atoms with van der Waals surface area (Å²) < 4.78 is 6.49. The maximum absolute atomic E-state index is 6.49. The number of pyridine rings is 1. The minimum atomic E-state index is 0.0361. The summed E-state index contributed by atoms with van der Waals surface area (Å²) in [4.78, 5) is 4.43. The number of ether oxygens (including phenoxy) is 1. The highest BCUT2D eigenvalue weighted by atomic mass is 16.5. The SMILES string of the molecule is c1ccc(CNC2CC3(CCCCC3)Oc3ccccc32)nc1. The van der Waals surface area contributed by atoms with Crippen LogP contribution in [0, 0.1) is 0 Å². The summed E-state index contributed by atoms with van der Waals surface area (Å²) in [6.45, 7) is 0.802. The molecule has 1 fully saturated rings. The van der Waals surface area contributed by atoms with Crippen LogP contribution < -0.4 is 10.1 Å². The third-order valence-corrected chi connectivity index (χ3v) is 5.22. The molecule has 3 heteroatoms. The van der Waals surface area contributed by atoms with Crippen molar-refractivity contribution in [2.24, 2.45) is 0 Å². The lowest BCUT2D eigenvalue weighted by Crippen LogP contribution is -2.45. The van der Waals surface area contributed by atoms with Gasteiger partial charge in [0.1, 0.15) is 11.4 Å². The van der Waals surface area contributed by atoms with Crippen molar-refractivity contribution in [3.8, 4) is 5.75 Å². The van der Waals surface area contributed by atoms with Crippen LogP contribution in [-0.2, 0) is 6.54 Å². The minimum absolute atomic E-state index is 0.0361. The molecule has 1 aliphatic carbocycles. The highest BCUT2D eigenvalue weighted by Crippen LogP contribution is 2.46. The normalized spacial score (nSPS) is 22.3. The molecule has 1 atom stereocenters. The molecule has 1 spiro atoms. The van der Waals surface area contributed by atoms with Gasteiger partial charge in [-0.05, 0) is 43.9 Å². The number of para-hydroxylation sites is 1. The first-order valence-electron chi connectivity index (χ1n) is 8.76. The second-order valence-electron chi connectivity index (χ2n) is 6.84. The van der Waals surface area contributed by atoms with Gasteiger partial charge in [-0.3, -0.25) is 4.98 Å². The minimum Gasteiger partial charge on any atom is -0.487 e. The molecule has 1 aromatic carbocycles. The van der Waals surface area contributed by atoms with E-state index >= 15 is 0 Å². The monoisotopic (exact) mass is 308 g/mol. The van der Waals surface area contributed by atoms with Crippen molar-refractivity contribution < 1.29 is 4.74 Å². The highest BCUT2D eigenvalue weighted by molar-refractivity contribution is 5.39. The van der Waals surface area contributed by atoms with Crippen LogP contribution >= 0.6 is 0 Å². The molecule has 2 aliphatic rings. The average molecular weight is 308 g/mol. The van der Waals surface area contributed by atoms with E-state index in [9.17, 15) is 0 Å². The van der Waals surface area contributed by atoms with Gasteiger partial charge in [0.25, 0.3) is 0 Å². The molecule has 1 saturated carbocycles. The Balaban J connectivity index is 1.56. The number of fused-ring (bicyclic) bond motifs is 1. The first kappa shape index (κ1) is 14.7. The zero-order valence-corrected chi connectivity index (χ0v) is 13.5. The van der Waals surface area contributed by atoms with Crippen molar-refractivity contribution in [3.05, 3.63) is 59.9 Å². The van der Waals surface area contributed by atoms with Gasteiger partial charge in [0, 0.05) is 30.8 Å². The number of benzene rings is 1. The van der Waals surface area contributed by atoms with E-state index in [1.165, 1.54) is 37.7 Å². The standard InChI is InChI=1S/C20H24N2O/c1-5-11-20(12-6-1)14-18(17-9-2-3-10-19(17)23-20)22-15-16-8-4-7-13-21-16/h2-4,7-10,13,18,22H,1,5-6,11-12,14-15H2. The molecule has 0 radical (unpaired) electrons. The topological polar surface area (TPSA) is 34.1 Å². The highest BCUT2D eigenvalue weighted by Gasteiger charge is 2.41. The summed E-state index contributed by atoms with van der Waals surface area (Å²) in [7, 11) is 0. The van der Waals surface area contributed by atoms with E-state index in [-0.39, 0.29) is 5.60 Å². The third-order valence-electron chi connectivity index (χ3n) is 5.22. The van der Waals surface area contributed by atoms with E-state index in [0.29, 0.717) is 6.04 Å². The van der Waals surface area contributed by atoms with Crippen LogP contribution in [0.1, 0.15) is 55.8 Å². The molecule has 120 valence electrons. The second kappa shape index (κ2) is 6.32. The number of nitrogens with one attached hydrogen (secondary N) is 1. The second-order valence-corrected chi connectivity index (χ2v) is 6.84. The molecule has 2 heterocycles. The predicted molar refractivity (Wildman–Crippen MR) is 91.3 cm³/mol. The Morgan fingerprint density at radius 3 is 2.70 bits per heavy atom. The molecule has 0 amide bonds. The molecular formula is C20H24N2O. The Bertz CT molecular complexity index is 650. The molecule has 1 unspecified atom stereocenters. The summed E-state index contributed by atoms with van der Waals surface area (Å²) in [5, 5.41) is 3.72. The summed E-state index contributed by atoms with van der Waals surface area (Å²) >= 11 is 0. The van der Waals surface area contributed by atoms with Crippen molar-refractivity contribution in [1.29, 1.82) is 0 Å². The number of aromatic nitrogens is 1. The Kier molecular flexibility index (Phi) is 4.04. The van der Waals surface area contributed by atoms with Crippen molar-refractivity contribution in [1.82, 2.24) is 10.3 Å². The van der Waals surface area contributed by atoms with Gasteiger partial charge in [-0.2, -0.15) is 0 Å². The fourth-order valence-corrected chi connectivity index (χ4v) is 4.03. The molecular weight excluding hydrogens is 284 g/mol. The fraction of sp³-hybridized carbons (Fsp3) is 0.450. The molecule has 2 aromatic rings. The van der Waals surface area contributed by atoms with Crippen LogP contribution in [0.2, 0.25) is 0 Å². The van der Waals surface area contributed by atoms with Gasteiger partial charge in [0.15, 0.2) is 0 Å². The van der Waals surface area contributed by atoms with Gasteiger partial charge in [-0.1, -0.05) is 30.7 Å². The zero-order valence-electron chi connectivity index (χ0n) is 13.5. The average Bonchev–Trinajstić information content (AvgIpc) is 2.61. The summed E-state index contributed by atoms with van der Waals surface area (Å²) in [5.74, 6) is 1.07. The molecule has 4 rings (SSSR count). The van der Waals surface area contributed by atoms with Crippen molar-refractivity contribution >= 4 is 0 Å². The molecule has 0 saturated heterocycles. The van der Waals surface area contributed by atoms with Crippen molar-refractivity contribution in [2.45, 2.75) is 56.7 Å². The van der Waals surface area contributed by atoms with Gasteiger partial charge in [-0.25, -0.2) is 0 Å². The third kappa shape index (κ3) is 3.11. The van der Waals surface area contributed by atoms with E-state index < -0.39 is 0 Å². The quantitative estimate of drug-likeness (QED) is 0.912. The first-order chi connectivity index (χ1) is 11.3. The Hall–Kier alpha value is -1.87.